The molecule has 0 radical (unpaired) electrons. The Labute approximate surface area is 164 Å². The summed E-state index contributed by atoms with van der Waals surface area (Å²) in [5.41, 5.74) is 1.78. The van der Waals surface area contributed by atoms with Crippen molar-refractivity contribution in [2.24, 2.45) is 0 Å². The van der Waals surface area contributed by atoms with Crippen molar-refractivity contribution in [3.63, 3.8) is 0 Å². The molecule has 1 fully saturated rings. The molecule has 1 amide bonds. The van der Waals surface area contributed by atoms with Gasteiger partial charge in [0, 0.05) is 56.4 Å². The Hall–Kier alpha value is -2.11. The zero-order valence-corrected chi connectivity index (χ0v) is 16.1. The molecule has 6 heteroatoms. The van der Waals surface area contributed by atoms with E-state index >= 15 is 0 Å². The first-order chi connectivity index (χ1) is 13.1. The maximum Gasteiger partial charge on any atom is 0.221 e. The predicted octanol–water partition coefficient (Wildman–Crippen LogP) is 3.35. The SMILES string of the molecule is O=C(CCN1CCN(c2cccc(Cl)c2)CC1)NCCc1ccccc1F. The number of carbonyl (C=O) groups is 1. The fraction of sp³-hybridized carbons (Fsp3) is 0.381. The van der Waals surface area contributed by atoms with Gasteiger partial charge in [-0.2, -0.15) is 0 Å². The normalized spacial score (nSPS) is 15.0. The van der Waals surface area contributed by atoms with Gasteiger partial charge in [0.25, 0.3) is 0 Å². The summed E-state index contributed by atoms with van der Waals surface area (Å²) in [7, 11) is 0. The van der Waals surface area contributed by atoms with Crippen LogP contribution in [0, 0.1) is 5.82 Å². The van der Waals surface area contributed by atoms with Crippen molar-refractivity contribution in [3.05, 3.63) is 64.9 Å². The number of nitrogens with zero attached hydrogens (tertiary/aromatic N) is 2. The molecule has 4 nitrogen and oxygen atoms in total. The molecule has 1 aliphatic rings. The van der Waals surface area contributed by atoms with E-state index in [0.29, 0.717) is 24.9 Å². The summed E-state index contributed by atoms with van der Waals surface area (Å²) >= 11 is 6.06. The number of benzene rings is 2. The third-order valence-electron chi connectivity index (χ3n) is 4.88. The van der Waals surface area contributed by atoms with Crippen LogP contribution in [-0.4, -0.2) is 50.1 Å². The third kappa shape index (κ3) is 5.94. The van der Waals surface area contributed by atoms with Gasteiger partial charge in [0.05, 0.1) is 0 Å². The van der Waals surface area contributed by atoms with Crippen LogP contribution in [0.25, 0.3) is 0 Å². The van der Waals surface area contributed by atoms with E-state index in [1.54, 1.807) is 12.1 Å². The zero-order valence-electron chi connectivity index (χ0n) is 15.3. The summed E-state index contributed by atoms with van der Waals surface area (Å²) in [5.74, 6) is -0.201. The summed E-state index contributed by atoms with van der Waals surface area (Å²) in [6.45, 7) is 4.91. The summed E-state index contributed by atoms with van der Waals surface area (Å²) in [6, 6.07) is 14.6. The fourth-order valence-electron chi connectivity index (χ4n) is 3.29. The van der Waals surface area contributed by atoms with E-state index in [-0.39, 0.29) is 11.7 Å². The van der Waals surface area contributed by atoms with E-state index in [9.17, 15) is 9.18 Å². The first-order valence-electron chi connectivity index (χ1n) is 9.35. The highest BCUT2D eigenvalue weighted by atomic mass is 35.5. The minimum atomic E-state index is -0.218. The molecule has 0 saturated carbocycles. The monoisotopic (exact) mass is 389 g/mol. The van der Waals surface area contributed by atoms with Crippen molar-refractivity contribution in [2.75, 3.05) is 44.2 Å². The molecule has 1 saturated heterocycles. The molecule has 0 aliphatic carbocycles. The molecule has 2 aromatic rings. The Morgan fingerprint density at radius 1 is 1.07 bits per heavy atom. The summed E-state index contributed by atoms with van der Waals surface area (Å²) < 4.78 is 13.6. The highest BCUT2D eigenvalue weighted by molar-refractivity contribution is 6.30. The van der Waals surface area contributed by atoms with E-state index in [4.69, 9.17) is 11.6 Å². The fourth-order valence-corrected chi connectivity index (χ4v) is 3.47. The number of anilines is 1. The highest BCUT2D eigenvalue weighted by Gasteiger charge is 2.18. The maximum atomic E-state index is 13.6. The molecule has 0 spiro atoms. The van der Waals surface area contributed by atoms with Crippen molar-refractivity contribution in [1.82, 2.24) is 10.2 Å². The van der Waals surface area contributed by atoms with Crippen LogP contribution < -0.4 is 10.2 Å². The standard InChI is InChI=1S/C21H25ClFN3O/c22-18-5-3-6-19(16-18)26-14-12-25(13-15-26)11-9-21(27)24-10-8-17-4-1-2-7-20(17)23/h1-7,16H,8-15H2,(H,24,27). The molecule has 1 heterocycles. The number of nitrogens with one attached hydrogen (secondary N) is 1. The summed E-state index contributed by atoms with van der Waals surface area (Å²) in [6.07, 6.45) is 0.977. The molecule has 2 aromatic carbocycles. The van der Waals surface area contributed by atoms with E-state index in [1.165, 1.54) is 6.07 Å². The van der Waals surface area contributed by atoms with Crippen LogP contribution in [0.3, 0.4) is 0 Å². The van der Waals surface area contributed by atoms with Gasteiger partial charge >= 0.3 is 0 Å². The molecule has 3 rings (SSSR count). The van der Waals surface area contributed by atoms with Crippen molar-refractivity contribution in [2.45, 2.75) is 12.8 Å². The summed E-state index contributed by atoms with van der Waals surface area (Å²) in [4.78, 5) is 16.6. The Morgan fingerprint density at radius 2 is 1.85 bits per heavy atom. The Kier molecular flexibility index (Phi) is 7.07. The molecule has 1 N–H and O–H groups in total. The number of hydrogen-bond acceptors (Lipinski definition) is 3. The van der Waals surface area contributed by atoms with Gasteiger partial charge in [0.2, 0.25) is 5.91 Å². The van der Waals surface area contributed by atoms with E-state index in [2.05, 4.69) is 21.2 Å². The number of rotatable bonds is 7. The first-order valence-corrected chi connectivity index (χ1v) is 9.72. The van der Waals surface area contributed by atoms with Gasteiger partial charge in [-0.15, -0.1) is 0 Å². The molecule has 0 atom stereocenters. The molecule has 0 unspecified atom stereocenters. The quantitative estimate of drug-likeness (QED) is 0.788. The number of hydrogen-bond donors (Lipinski definition) is 1. The summed E-state index contributed by atoms with van der Waals surface area (Å²) in [5, 5.41) is 3.63. The zero-order chi connectivity index (χ0) is 19.1. The lowest BCUT2D eigenvalue weighted by atomic mass is 10.1. The first kappa shape index (κ1) is 19.6. The van der Waals surface area contributed by atoms with Crippen LogP contribution in [-0.2, 0) is 11.2 Å². The molecule has 144 valence electrons. The second kappa shape index (κ2) is 9.72. The Morgan fingerprint density at radius 3 is 2.59 bits per heavy atom. The molecule has 1 aliphatic heterocycles. The van der Waals surface area contributed by atoms with Crippen LogP contribution >= 0.6 is 11.6 Å². The van der Waals surface area contributed by atoms with Gasteiger partial charge < -0.3 is 10.2 Å². The smallest absolute Gasteiger partial charge is 0.221 e. The number of amides is 1. The van der Waals surface area contributed by atoms with Gasteiger partial charge in [-0.3, -0.25) is 9.69 Å². The minimum Gasteiger partial charge on any atom is -0.369 e. The second-order valence-corrected chi connectivity index (χ2v) is 7.19. The minimum absolute atomic E-state index is 0.0172. The van der Waals surface area contributed by atoms with Gasteiger partial charge in [-0.1, -0.05) is 35.9 Å². The van der Waals surface area contributed by atoms with Gasteiger partial charge in [0.15, 0.2) is 0 Å². The third-order valence-corrected chi connectivity index (χ3v) is 5.11. The van der Waals surface area contributed by atoms with Crippen LogP contribution in [0.4, 0.5) is 10.1 Å². The number of halogens is 2. The van der Waals surface area contributed by atoms with Crippen molar-refractivity contribution in [1.29, 1.82) is 0 Å². The number of carbonyl (C=O) groups excluding carboxylic acids is 1. The van der Waals surface area contributed by atoms with E-state index in [1.807, 2.05) is 24.3 Å². The van der Waals surface area contributed by atoms with Gasteiger partial charge in [-0.05, 0) is 36.2 Å². The maximum absolute atomic E-state index is 13.6. The van der Waals surface area contributed by atoms with Gasteiger partial charge in [-0.25, -0.2) is 4.39 Å². The molecular weight excluding hydrogens is 365 g/mol. The topological polar surface area (TPSA) is 35.6 Å². The van der Waals surface area contributed by atoms with Crippen LogP contribution in [0.2, 0.25) is 5.02 Å². The molecule has 0 aromatic heterocycles. The van der Waals surface area contributed by atoms with Crippen molar-refractivity contribution >= 4 is 23.2 Å². The van der Waals surface area contributed by atoms with E-state index < -0.39 is 0 Å². The van der Waals surface area contributed by atoms with Crippen LogP contribution in [0.1, 0.15) is 12.0 Å². The van der Waals surface area contributed by atoms with Crippen molar-refractivity contribution < 1.29 is 9.18 Å². The highest BCUT2D eigenvalue weighted by Crippen LogP contribution is 2.20. The molecule has 0 bridgehead atoms. The average Bonchev–Trinajstić information content (AvgIpc) is 2.68. The van der Waals surface area contributed by atoms with Crippen molar-refractivity contribution in [3.8, 4) is 0 Å². The largest absolute Gasteiger partial charge is 0.369 e. The lowest BCUT2D eigenvalue weighted by Gasteiger charge is -2.36. The van der Waals surface area contributed by atoms with Crippen LogP contribution in [0.15, 0.2) is 48.5 Å². The lowest BCUT2D eigenvalue weighted by Crippen LogP contribution is -2.47. The molecular formula is C21H25ClFN3O. The Bertz CT molecular complexity index is 763. The Balaban J connectivity index is 1.34. The number of piperazine rings is 1. The van der Waals surface area contributed by atoms with Gasteiger partial charge in [0.1, 0.15) is 5.82 Å². The van der Waals surface area contributed by atoms with Crippen LogP contribution in [0.5, 0.6) is 0 Å². The lowest BCUT2D eigenvalue weighted by molar-refractivity contribution is -0.121. The van der Waals surface area contributed by atoms with E-state index in [0.717, 1.165) is 43.4 Å². The predicted molar refractivity (Wildman–Crippen MR) is 108 cm³/mol. The second-order valence-electron chi connectivity index (χ2n) is 6.75. The average molecular weight is 390 g/mol. The molecule has 27 heavy (non-hydrogen) atoms.